The van der Waals surface area contributed by atoms with Crippen LogP contribution < -0.4 is 9.64 Å². The van der Waals surface area contributed by atoms with Crippen LogP contribution in [-0.4, -0.2) is 54.6 Å². The van der Waals surface area contributed by atoms with Crippen molar-refractivity contribution in [1.82, 2.24) is 13.9 Å². The molecule has 0 aliphatic carbocycles. The van der Waals surface area contributed by atoms with E-state index >= 15 is 0 Å². The van der Waals surface area contributed by atoms with Gasteiger partial charge in [-0.05, 0) is 56.3 Å². The van der Waals surface area contributed by atoms with Gasteiger partial charge in [0, 0.05) is 38.9 Å². The highest BCUT2D eigenvalue weighted by molar-refractivity contribution is 7.89. The summed E-state index contributed by atoms with van der Waals surface area (Å²) in [5.41, 5.74) is 3.12. The number of hydrogen-bond acceptors (Lipinski definition) is 5. The Morgan fingerprint density at radius 3 is 2.34 bits per heavy atom. The van der Waals surface area contributed by atoms with E-state index in [9.17, 15) is 8.42 Å². The van der Waals surface area contributed by atoms with E-state index in [1.165, 1.54) is 0 Å². The third-order valence-electron chi connectivity index (χ3n) is 5.15. The lowest BCUT2D eigenvalue weighted by molar-refractivity contribution is 0.242. The summed E-state index contributed by atoms with van der Waals surface area (Å²) in [6, 6.07) is 12.8. The zero-order valence-electron chi connectivity index (χ0n) is 16.9. The van der Waals surface area contributed by atoms with Crippen LogP contribution in [0, 0.1) is 0 Å². The Morgan fingerprint density at radius 1 is 1.00 bits per heavy atom. The number of rotatable bonds is 5. The lowest BCUT2D eigenvalue weighted by atomic mass is 10.2. The summed E-state index contributed by atoms with van der Waals surface area (Å²) < 4.78 is 35.2. The van der Waals surface area contributed by atoms with E-state index in [4.69, 9.17) is 4.74 Å². The Morgan fingerprint density at radius 2 is 1.69 bits per heavy atom. The second kappa shape index (κ2) is 7.68. The number of imidazole rings is 1. The van der Waals surface area contributed by atoms with Crippen molar-refractivity contribution < 1.29 is 13.2 Å². The summed E-state index contributed by atoms with van der Waals surface area (Å²) in [6.45, 7) is 6.09. The van der Waals surface area contributed by atoms with Gasteiger partial charge in [0.2, 0.25) is 10.0 Å². The molecule has 0 N–H and O–H groups in total. The highest BCUT2D eigenvalue weighted by Gasteiger charge is 2.28. The van der Waals surface area contributed by atoms with E-state index in [1.54, 1.807) is 34.9 Å². The number of nitrogens with zero attached hydrogens (tertiary/aromatic N) is 4. The largest absolute Gasteiger partial charge is 0.491 e. The number of sulfonamides is 1. The molecule has 0 amide bonds. The van der Waals surface area contributed by atoms with Gasteiger partial charge in [0.25, 0.3) is 0 Å². The van der Waals surface area contributed by atoms with Crippen LogP contribution >= 0.6 is 0 Å². The first kappa shape index (κ1) is 19.7. The average molecular weight is 415 g/mol. The molecule has 2 heterocycles. The fourth-order valence-electron chi connectivity index (χ4n) is 3.61. The highest BCUT2D eigenvalue weighted by atomic mass is 32.2. The molecule has 1 saturated heterocycles. The minimum Gasteiger partial charge on any atom is -0.491 e. The van der Waals surface area contributed by atoms with Gasteiger partial charge in [-0.1, -0.05) is 0 Å². The van der Waals surface area contributed by atoms with Crippen LogP contribution in [0.25, 0.3) is 11.0 Å². The van der Waals surface area contributed by atoms with E-state index in [1.807, 2.05) is 37.6 Å². The molecule has 0 bridgehead atoms. The van der Waals surface area contributed by atoms with Crippen molar-refractivity contribution in [3.63, 3.8) is 0 Å². The average Bonchev–Trinajstić information content (AvgIpc) is 3.08. The predicted octanol–water partition coefficient (Wildman–Crippen LogP) is 2.87. The second-order valence-corrected chi connectivity index (χ2v) is 9.50. The van der Waals surface area contributed by atoms with E-state index in [2.05, 4.69) is 16.0 Å². The maximum absolute atomic E-state index is 13.0. The first-order chi connectivity index (χ1) is 13.8. The van der Waals surface area contributed by atoms with Gasteiger partial charge in [-0.15, -0.1) is 0 Å². The molecule has 2 aromatic carbocycles. The summed E-state index contributed by atoms with van der Waals surface area (Å²) >= 11 is 0. The van der Waals surface area contributed by atoms with Crippen LogP contribution in [0.2, 0.25) is 0 Å². The first-order valence-corrected chi connectivity index (χ1v) is 11.2. The molecule has 0 unspecified atom stereocenters. The molecule has 0 atom stereocenters. The summed E-state index contributed by atoms with van der Waals surface area (Å²) in [6.07, 6.45) is 1.85. The SMILES string of the molecule is CC(C)Oc1ccc(S(=O)(=O)N2CCN(c3ccc4ncn(C)c4c3)CC2)cc1. The number of hydrogen-bond donors (Lipinski definition) is 0. The molecule has 1 fully saturated rings. The van der Waals surface area contributed by atoms with Crippen molar-refractivity contribution in [2.24, 2.45) is 7.05 Å². The van der Waals surface area contributed by atoms with E-state index in [-0.39, 0.29) is 6.10 Å². The Hall–Kier alpha value is -2.58. The number of ether oxygens (including phenoxy) is 1. The molecule has 154 valence electrons. The van der Waals surface area contributed by atoms with Crippen LogP contribution in [0.1, 0.15) is 13.8 Å². The van der Waals surface area contributed by atoms with Gasteiger partial charge >= 0.3 is 0 Å². The molecule has 29 heavy (non-hydrogen) atoms. The molecule has 8 heteroatoms. The molecular weight excluding hydrogens is 388 g/mol. The molecule has 4 rings (SSSR count). The van der Waals surface area contributed by atoms with Crippen molar-refractivity contribution >= 4 is 26.7 Å². The molecule has 7 nitrogen and oxygen atoms in total. The zero-order chi connectivity index (χ0) is 20.6. The molecule has 0 spiro atoms. The number of aromatic nitrogens is 2. The van der Waals surface area contributed by atoms with Gasteiger partial charge in [-0.2, -0.15) is 4.31 Å². The second-order valence-electron chi connectivity index (χ2n) is 7.56. The van der Waals surface area contributed by atoms with Crippen LogP contribution in [0.3, 0.4) is 0 Å². The number of piperazine rings is 1. The molecule has 0 radical (unpaired) electrons. The minimum atomic E-state index is -3.51. The lowest BCUT2D eigenvalue weighted by Gasteiger charge is -2.35. The van der Waals surface area contributed by atoms with Crippen LogP contribution in [0.15, 0.2) is 53.7 Å². The summed E-state index contributed by atoms with van der Waals surface area (Å²) in [5, 5.41) is 0. The van der Waals surface area contributed by atoms with Crippen molar-refractivity contribution in [2.45, 2.75) is 24.8 Å². The van der Waals surface area contributed by atoms with Crippen LogP contribution in [-0.2, 0) is 17.1 Å². The van der Waals surface area contributed by atoms with Gasteiger partial charge in [0.1, 0.15) is 5.75 Å². The van der Waals surface area contributed by atoms with Crippen LogP contribution in [0.4, 0.5) is 5.69 Å². The third kappa shape index (κ3) is 3.95. The standard InChI is InChI=1S/C21H26N4O3S/c1-16(2)28-18-5-7-19(8-6-18)29(26,27)25-12-10-24(11-13-25)17-4-9-20-21(14-17)23(3)15-22-20/h4-9,14-16H,10-13H2,1-3H3. The van der Waals surface area contributed by atoms with Crippen molar-refractivity contribution in [3.05, 3.63) is 48.8 Å². The lowest BCUT2D eigenvalue weighted by Crippen LogP contribution is -2.48. The van der Waals surface area contributed by atoms with Crippen molar-refractivity contribution in [3.8, 4) is 5.75 Å². The fourth-order valence-corrected chi connectivity index (χ4v) is 5.03. The van der Waals surface area contributed by atoms with Gasteiger partial charge in [0.15, 0.2) is 0 Å². The maximum Gasteiger partial charge on any atom is 0.243 e. The quantitative estimate of drug-likeness (QED) is 0.642. The predicted molar refractivity (Wildman–Crippen MR) is 114 cm³/mol. The molecule has 1 aliphatic rings. The van der Waals surface area contributed by atoms with Gasteiger partial charge in [-0.3, -0.25) is 0 Å². The van der Waals surface area contributed by atoms with Crippen molar-refractivity contribution in [1.29, 1.82) is 0 Å². The van der Waals surface area contributed by atoms with Crippen LogP contribution in [0.5, 0.6) is 5.75 Å². The summed E-state index contributed by atoms with van der Waals surface area (Å²) in [5.74, 6) is 0.675. The molecule has 3 aromatic rings. The normalized spacial score (nSPS) is 15.9. The molecular formula is C21H26N4O3S. The number of aryl methyl sites for hydroxylation is 1. The van der Waals surface area contributed by atoms with E-state index in [0.717, 1.165) is 16.7 Å². The zero-order valence-corrected chi connectivity index (χ0v) is 17.8. The van der Waals surface area contributed by atoms with Gasteiger partial charge < -0.3 is 14.2 Å². The number of anilines is 1. The van der Waals surface area contributed by atoms with Gasteiger partial charge in [0.05, 0.1) is 28.4 Å². The monoisotopic (exact) mass is 414 g/mol. The Labute approximate surface area is 171 Å². The third-order valence-corrected chi connectivity index (χ3v) is 7.06. The minimum absolute atomic E-state index is 0.0519. The smallest absolute Gasteiger partial charge is 0.243 e. The van der Waals surface area contributed by atoms with E-state index in [0.29, 0.717) is 36.8 Å². The molecule has 1 aromatic heterocycles. The number of benzene rings is 2. The summed E-state index contributed by atoms with van der Waals surface area (Å²) in [4.78, 5) is 6.88. The Bertz CT molecular complexity index is 1100. The Balaban J connectivity index is 1.45. The van der Waals surface area contributed by atoms with Gasteiger partial charge in [-0.25, -0.2) is 13.4 Å². The molecule has 1 aliphatic heterocycles. The Kier molecular flexibility index (Phi) is 5.23. The first-order valence-electron chi connectivity index (χ1n) is 9.77. The number of fused-ring (bicyclic) bond motifs is 1. The topological polar surface area (TPSA) is 67.7 Å². The van der Waals surface area contributed by atoms with Crippen molar-refractivity contribution in [2.75, 3.05) is 31.1 Å². The fraction of sp³-hybridized carbons (Fsp3) is 0.381. The maximum atomic E-state index is 13.0. The molecule has 0 saturated carbocycles. The summed E-state index contributed by atoms with van der Waals surface area (Å²) in [7, 11) is -1.53. The highest BCUT2D eigenvalue weighted by Crippen LogP contribution is 2.25. The van der Waals surface area contributed by atoms with E-state index < -0.39 is 10.0 Å².